The fourth-order valence-electron chi connectivity index (χ4n) is 2.34. The summed E-state index contributed by atoms with van der Waals surface area (Å²) in [6.45, 7) is 6.62. The molecule has 1 aliphatic rings. The minimum Gasteiger partial charge on any atom is -0.463 e. The standard InChI is InChI=1S/C18H30O8/c1-10(2)5-6-13(20)11(3)7-8-24-18-17(23)16(22)15(21)14(26-18)9-25-12(4)19/h5,7,13-18,20-23H,6,8-9H2,1-4H3/b11-7+/t13-,14+,15+,16-,17+,18+/m0/s1. The van der Waals surface area contributed by atoms with Gasteiger partial charge in [0, 0.05) is 6.92 Å². The Labute approximate surface area is 153 Å². The minimum absolute atomic E-state index is 0.0303. The summed E-state index contributed by atoms with van der Waals surface area (Å²) in [5, 5.41) is 39.8. The Hall–Kier alpha value is -1.29. The van der Waals surface area contributed by atoms with Crippen molar-refractivity contribution in [3.63, 3.8) is 0 Å². The van der Waals surface area contributed by atoms with Crippen LogP contribution in [-0.2, 0) is 19.0 Å². The van der Waals surface area contributed by atoms with E-state index in [1.54, 1.807) is 13.0 Å². The van der Waals surface area contributed by atoms with E-state index >= 15 is 0 Å². The normalized spacial score (nSPS) is 30.6. The van der Waals surface area contributed by atoms with Gasteiger partial charge in [-0.2, -0.15) is 0 Å². The first-order valence-electron chi connectivity index (χ1n) is 8.56. The predicted octanol–water partition coefficient (Wildman–Crippen LogP) is 0.0372. The lowest BCUT2D eigenvalue weighted by Crippen LogP contribution is -2.59. The van der Waals surface area contributed by atoms with Gasteiger partial charge >= 0.3 is 5.97 Å². The lowest BCUT2D eigenvalue weighted by molar-refractivity contribution is -0.299. The first-order chi connectivity index (χ1) is 12.1. The molecule has 26 heavy (non-hydrogen) atoms. The van der Waals surface area contributed by atoms with Crippen molar-refractivity contribution in [3.8, 4) is 0 Å². The van der Waals surface area contributed by atoms with Crippen molar-refractivity contribution >= 4 is 5.97 Å². The second-order valence-electron chi connectivity index (χ2n) is 6.63. The Balaban J connectivity index is 2.59. The molecule has 150 valence electrons. The van der Waals surface area contributed by atoms with Crippen molar-refractivity contribution < 1.29 is 39.4 Å². The highest BCUT2D eigenvalue weighted by Gasteiger charge is 2.44. The van der Waals surface area contributed by atoms with Crippen molar-refractivity contribution in [2.45, 2.75) is 70.9 Å². The van der Waals surface area contributed by atoms with E-state index in [2.05, 4.69) is 0 Å². The molecule has 1 aliphatic heterocycles. The summed E-state index contributed by atoms with van der Waals surface area (Å²) in [6, 6.07) is 0. The summed E-state index contributed by atoms with van der Waals surface area (Å²) < 4.78 is 15.6. The Bertz CT molecular complexity index is 511. The summed E-state index contributed by atoms with van der Waals surface area (Å²) in [7, 11) is 0. The third kappa shape index (κ3) is 7.14. The fraction of sp³-hybridized carbons (Fsp3) is 0.722. The maximum atomic E-state index is 10.9. The van der Waals surface area contributed by atoms with E-state index in [4.69, 9.17) is 14.2 Å². The fourth-order valence-corrected chi connectivity index (χ4v) is 2.34. The smallest absolute Gasteiger partial charge is 0.302 e. The molecular formula is C18H30O8. The van der Waals surface area contributed by atoms with Gasteiger partial charge in [0.1, 0.15) is 31.0 Å². The molecule has 0 amide bonds. The molecule has 1 rings (SSSR count). The zero-order chi connectivity index (χ0) is 19.9. The van der Waals surface area contributed by atoms with Crippen LogP contribution in [0.4, 0.5) is 0 Å². The summed E-state index contributed by atoms with van der Waals surface area (Å²) in [5.41, 5.74) is 1.81. The number of hydrogen-bond acceptors (Lipinski definition) is 8. The van der Waals surface area contributed by atoms with Gasteiger partial charge in [0.05, 0.1) is 12.7 Å². The third-order valence-corrected chi connectivity index (χ3v) is 4.06. The lowest BCUT2D eigenvalue weighted by atomic mass is 9.99. The van der Waals surface area contributed by atoms with E-state index in [0.29, 0.717) is 12.0 Å². The van der Waals surface area contributed by atoms with Crippen LogP contribution in [0.5, 0.6) is 0 Å². The molecule has 0 radical (unpaired) electrons. The van der Waals surface area contributed by atoms with Crippen molar-refractivity contribution in [1.82, 2.24) is 0 Å². The second kappa shape index (κ2) is 10.8. The first kappa shape index (κ1) is 22.8. The van der Waals surface area contributed by atoms with E-state index in [1.165, 1.54) is 6.92 Å². The van der Waals surface area contributed by atoms with Gasteiger partial charge in [0.25, 0.3) is 0 Å². The molecule has 0 bridgehead atoms. The highest BCUT2D eigenvalue weighted by molar-refractivity contribution is 5.65. The number of carbonyl (C=O) groups is 1. The van der Waals surface area contributed by atoms with Crippen LogP contribution in [-0.4, -0.2) is 76.4 Å². The summed E-state index contributed by atoms with van der Waals surface area (Å²) in [5.74, 6) is -0.553. The van der Waals surface area contributed by atoms with Crippen LogP contribution in [0.25, 0.3) is 0 Å². The van der Waals surface area contributed by atoms with Crippen molar-refractivity contribution in [1.29, 1.82) is 0 Å². The number of allylic oxidation sites excluding steroid dienone is 1. The van der Waals surface area contributed by atoms with E-state index in [-0.39, 0.29) is 13.2 Å². The molecule has 0 aromatic carbocycles. The molecule has 0 aliphatic carbocycles. The average Bonchev–Trinajstić information content (AvgIpc) is 2.58. The summed E-state index contributed by atoms with van der Waals surface area (Å²) in [6.07, 6.45) is -3.16. The van der Waals surface area contributed by atoms with Gasteiger partial charge in [-0.15, -0.1) is 0 Å². The number of aliphatic hydroxyl groups is 4. The second-order valence-corrected chi connectivity index (χ2v) is 6.63. The number of aliphatic hydroxyl groups excluding tert-OH is 4. The predicted molar refractivity (Wildman–Crippen MR) is 93.1 cm³/mol. The molecule has 1 heterocycles. The van der Waals surface area contributed by atoms with Gasteiger partial charge in [-0.1, -0.05) is 17.7 Å². The largest absolute Gasteiger partial charge is 0.463 e. The number of esters is 1. The molecule has 8 nitrogen and oxygen atoms in total. The van der Waals surface area contributed by atoms with E-state index in [9.17, 15) is 25.2 Å². The Morgan fingerprint density at radius 1 is 1.08 bits per heavy atom. The van der Waals surface area contributed by atoms with Crippen molar-refractivity contribution in [2.24, 2.45) is 0 Å². The third-order valence-electron chi connectivity index (χ3n) is 4.06. The van der Waals surface area contributed by atoms with Gasteiger partial charge in [-0.05, 0) is 32.8 Å². The zero-order valence-electron chi connectivity index (χ0n) is 15.7. The van der Waals surface area contributed by atoms with E-state index < -0.39 is 42.8 Å². The molecule has 1 fully saturated rings. The Kier molecular flexibility index (Phi) is 9.42. The van der Waals surface area contributed by atoms with Gasteiger partial charge in [0.2, 0.25) is 0 Å². The number of ether oxygens (including phenoxy) is 3. The van der Waals surface area contributed by atoms with E-state index in [1.807, 2.05) is 19.9 Å². The number of rotatable bonds is 8. The van der Waals surface area contributed by atoms with Crippen LogP contribution >= 0.6 is 0 Å². The van der Waals surface area contributed by atoms with Crippen LogP contribution in [0.3, 0.4) is 0 Å². The highest BCUT2D eigenvalue weighted by atomic mass is 16.7. The molecule has 0 aromatic heterocycles. The monoisotopic (exact) mass is 374 g/mol. The Morgan fingerprint density at radius 2 is 1.73 bits per heavy atom. The van der Waals surface area contributed by atoms with Crippen LogP contribution in [0, 0.1) is 0 Å². The molecule has 6 atom stereocenters. The molecule has 0 aromatic rings. The molecule has 8 heteroatoms. The molecule has 0 unspecified atom stereocenters. The van der Waals surface area contributed by atoms with Gasteiger partial charge in [-0.25, -0.2) is 0 Å². The quantitative estimate of drug-likeness (QED) is 0.347. The van der Waals surface area contributed by atoms with Crippen molar-refractivity contribution in [2.75, 3.05) is 13.2 Å². The van der Waals surface area contributed by atoms with Crippen LogP contribution in [0.1, 0.15) is 34.1 Å². The summed E-state index contributed by atoms with van der Waals surface area (Å²) in [4.78, 5) is 10.9. The molecule has 4 N–H and O–H groups in total. The minimum atomic E-state index is -1.50. The van der Waals surface area contributed by atoms with E-state index in [0.717, 1.165) is 5.57 Å². The highest BCUT2D eigenvalue weighted by Crippen LogP contribution is 2.22. The Morgan fingerprint density at radius 3 is 2.31 bits per heavy atom. The van der Waals surface area contributed by atoms with Crippen LogP contribution in [0.2, 0.25) is 0 Å². The topological polar surface area (TPSA) is 126 Å². The molecular weight excluding hydrogens is 344 g/mol. The molecule has 0 saturated carbocycles. The number of hydrogen-bond donors (Lipinski definition) is 4. The average molecular weight is 374 g/mol. The van der Waals surface area contributed by atoms with Crippen LogP contribution in [0.15, 0.2) is 23.3 Å². The van der Waals surface area contributed by atoms with Gasteiger partial charge in [-0.3, -0.25) is 4.79 Å². The maximum absolute atomic E-state index is 10.9. The first-order valence-corrected chi connectivity index (χ1v) is 8.56. The summed E-state index contributed by atoms with van der Waals surface area (Å²) >= 11 is 0. The van der Waals surface area contributed by atoms with Crippen LogP contribution < -0.4 is 0 Å². The van der Waals surface area contributed by atoms with Crippen molar-refractivity contribution in [3.05, 3.63) is 23.3 Å². The number of carbonyl (C=O) groups excluding carboxylic acids is 1. The maximum Gasteiger partial charge on any atom is 0.302 e. The molecule has 1 saturated heterocycles. The van der Waals surface area contributed by atoms with Gasteiger partial charge < -0.3 is 34.6 Å². The van der Waals surface area contributed by atoms with Gasteiger partial charge in [0.15, 0.2) is 6.29 Å². The molecule has 0 spiro atoms. The SMILES string of the molecule is CC(=O)OC[C@H]1O[C@@H](OC/C=C(\C)[C@@H](O)CC=C(C)C)[C@H](O)[C@@H](O)[C@@H]1O. The zero-order valence-corrected chi connectivity index (χ0v) is 15.7. The lowest BCUT2D eigenvalue weighted by Gasteiger charge is -2.39.